The number of nitrogens with one attached hydrogen (secondary N) is 1. The van der Waals surface area contributed by atoms with Crippen molar-refractivity contribution in [3.63, 3.8) is 0 Å². The van der Waals surface area contributed by atoms with Gasteiger partial charge in [0.1, 0.15) is 24.1 Å². The predicted molar refractivity (Wildman–Crippen MR) is 89.8 cm³/mol. The summed E-state index contributed by atoms with van der Waals surface area (Å²) in [6.45, 7) is 3.98. The first-order valence-corrected chi connectivity index (χ1v) is 8.03. The SMILES string of the molecule is Cc1nc(Nc2ncccc2C)cc([C@H]2CCCN2C(=O)CO)n1. The number of pyridine rings is 1. The Morgan fingerprint density at radius 1 is 1.42 bits per heavy atom. The van der Waals surface area contributed by atoms with Gasteiger partial charge in [-0.2, -0.15) is 0 Å². The van der Waals surface area contributed by atoms with Gasteiger partial charge in [0, 0.05) is 18.8 Å². The van der Waals surface area contributed by atoms with Crippen molar-refractivity contribution in [1.82, 2.24) is 19.9 Å². The molecule has 0 aromatic carbocycles. The molecule has 0 unspecified atom stereocenters. The maximum atomic E-state index is 11.9. The zero-order valence-electron chi connectivity index (χ0n) is 13.9. The van der Waals surface area contributed by atoms with Gasteiger partial charge in [0.05, 0.1) is 11.7 Å². The fraction of sp³-hybridized carbons (Fsp3) is 0.412. The van der Waals surface area contributed by atoms with E-state index in [2.05, 4.69) is 20.3 Å². The summed E-state index contributed by atoms with van der Waals surface area (Å²) < 4.78 is 0. The molecule has 1 amide bonds. The molecule has 1 aliphatic rings. The van der Waals surface area contributed by atoms with Gasteiger partial charge >= 0.3 is 0 Å². The smallest absolute Gasteiger partial charge is 0.248 e. The molecule has 0 spiro atoms. The molecule has 3 heterocycles. The van der Waals surface area contributed by atoms with Gasteiger partial charge in [-0.1, -0.05) is 6.07 Å². The summed E-state index contributed by atoms with van der Waals surface area (Å²) in [5, 5.41) is 12.4. The molecule has 2 aromatic heterocycles. The number of amides is 1. The molecule has 0 radical (unpaired) electrons. The lowest BCUT2D eigenvalue weighted by Crippen LogP contribution is -2.33. The maximum absolute atomic E-state index is 11.9. The molecule has 1 fully saturated rings. The molecule has 0 bridgehead atoms. The van der Waals surface area contributed by atoms with Crippen LogP contribution in [0.5, 0.6) is 0 Å². The highest BCUT2D eigenvalue weighted by molar-refractivity contribution is 5.78. The monoisotopic (exact) mass is 327 g/mol. The molecule has 7 heteroatoms. The molecule has 2 aromatic rings. The van der Waals surface area contributed by atoms with Crippen LogP contribution < -0.4 is 5.32 Å². The number of anilines is 2. The molecule has 126 valence electrons. The third kappa shape index (κ3) is 3.35. The van der Waals surface area contributed by atoms with Crippen molar-refractivity contribution >= 4 is 17.5 Å². The molecule has 24 heavy (non-hydrogen) atoms. The summed E-state index contributed by atoms with van der Waals surface area (Å²) in [4.78, 5) is 26.8. The number of aromatic nitrogens is 3. The quantitative estimate of drug-likeness (QED) is 0.891. The Morgan fingerprint density at radius 3 is 3.00 bits per heavy atom. The van der Waals surface area contributed by atoms with Crippen LogP contribution in [0.2, 0.25) is 0 Å². The molecule has 3 rings (SSSR count). The number of carbonyl (C=O) groups excluding carboxylic acids is 1. The van der Waals surface area contributed by atoms with Gasteiger partial charge in [-0.15, -0.1) is 0 Å². The molecule has 1 aliphatic heterocycles. The zero-order valence-corrected chi connectivity index (χ0v) is 13.9. The largest absolute Gasteiger partial charge is 0.387 e. The Hall–Kier alpha value is -2.54. The molecule has 0 aliphatic carbocycles. The molecule has 1 atom stereocenters. The molecule has 0 saturated carbocycles. The van der Waals surface area contributed by atoms with Gasteiger partial charge in [0.25, 0.3) is 0 Å². The van der Waals surface area contributed by atoms with E-state index in [1.165, 1.54) is 0 Å². The van der Waals surface area contributed by atoms with Crippen molar-refractivity contribution in [2.75, 3.05) is 18.5 Å². The topological polar surface area (TPSA) is 91.2 Å². The first-order chi connectivity index (χ1) is 11.6. The van der Waals surface area contributed by atoms with Crippen molar-refractivity contribution in [2.45, 2.75) is 32.7 Å². The van der Waals surface area contributed by atoms with Crippen molar-refractivity contribution in [2.24, 2.45) is 0 Å². The summed E-state index contributed by atoms with van der Waals surface area (Å²) in [6, 6.07) is 5.60. The van der Waals surface area contributed by atoms with E-state index in [9.17, 15) is 4.79 Å². The highest BCUT2D eigenvalue weighted by Gasteiger charge is 2.30. The Labute approximate surface area is 140 Å². The summed E-state index contributed by atoms with van der Waals surface area (Å²) in [7, 11) is 0. The van der Waals surface area contributed by atoms with E-state index in [1.54, 1.807) is 11.1 Å². The Morgan fingerprint density at radius 2 is 2.25 bits per heavy atom. The third-order valence-electron chi connectivity index (χ3n) is 4.16. The van der Waals surface area contributed by atoms with Crippen LogP contribution in [-0.2, 0) is 4.79 Å². The van der Waals surface area contributed by atoms with Crippen LogP contribution in [0.25, 0.3) is 0 Å². The summed E-state index contributed by atoms with van der Waals surface area (Å²) in [5.74, 6) is 1.77. The summed E-state index contributed by atoms with van der Waals surface area (Å²) in [5.41, 5.74) is 1.81. The first kappa shape index (κ1) is 16.3. The fourth-order valence-corrected chi connectivity index (χ4v) is 3.03. The standard InChI is InChI=1S/C17H21N5O2/c1-11-5-3-7-18-17(11)21-15-9-13(19-12(2)20-15)14-6-4-8-22(14)16(24)10-23/h3,5,7,9,14,23H,4,6,8,10H2,1-2H3,(H,18,19,20,21)/t14-/m1/s1. The van der Waals surface area contributed by atoms with Gasteiger partial charge < -0.3 is 15.3 Å². The Kier molecular flexibility index (Phi) is 4.71. The van der Waals surface area contributed by atoms with E-state index in [4.69, 9.17) is 5.11 Å². The number of likely N-dealkylation sites (tertiary alicyclic amines) is 1. The van der Waals surface area contributed by atoms with Crippen LogP contribution in [0, 0.1) is 13.8 Å². The van der Waals surface area contributed by atoms with E-state index in [1.807, 2.05) is 32.0 Å². The minimum Gasteiger partial charge on any atom is -0.387 e. The lowest BCUT2D eigenvalue weighted by Gasteiger charge is -2.24. The van der Waals surface area contributed by atoms with E-state index in [0.717, 1.165) is 29.9 Å². The fourth-order valence-electron chi connectivity index (χ4n) is 3.03. The second-order valence-electron chi connectivity index (χ2n) is 5.92. The predicted octanol–water partition coefficient (Wildman–Crippen LogP) is 1.89. The van der Waals surface area contributed by atoms with Gasteiger partial charge in [-0.05, 0) is 38.3 Å². The lowest BCUT2D eigenvalue weighted by molar-refractivity contribution is -0.135. The van der Waals surface area contributed by atoms with E-state index in [0.29, 0.717) is 18.2 Å². The van der Waals surface area contributed by atoms with E-state index in [-0.39, 0.29) is 11.9 Å². The molecular weight excluding hydrogens is 306 g/mol. The number of hydrogen-bond acceptors (Lipinski definition) is 6. The molecular formula is C17H21N5O2. The average Bonchev–Trinajstić information content (AvgIpc) is 3.05. The minimum absolute atomic E-state index is 0.114. The van der Waals surface area contributed by atoms with Gasteiger partial charge in [-0.3, -0.25) is 4.79 Å². The Bertz CT molecular complexity index is 750. The number of nitrogens with zero attached hydrogens (tertiary/aromatic N) is 4. The van der Waals surface area contributed by atoms with Crippen LogP contribution in [0.3, 0.4) is 0 Å². The minimum atomic E-state index is -0.473. The van der Waals surface area contributed by atoms with Crippen molar-refractivity contribution in [3.8, 4) is 0 Å². The number of rotatable bonds is 4. The maximum Gasteiger partial charge on any atom is 0.248 e. The van der Waals surface area contributed by atoms with Crippen LogP contribution in [0.15, 0.2) is 24.4 Å². The van der Waals surface area contributed by atoms with E-state index < -0.39 is 6.61 Å². The highest BCUT2D eigenvalue weighted by Crippen LogP contribution is 2.32. The second kappa shape index (κ2) is 6.92. The lowest BCUT2D eigenvalue weighted by atomic mass is 10.1. The highest BCUT2D eigenvalue weighted by atomic mass is 16.3. The van der Waals surface area contributed by atoms with E-state index >= 15 is 0 Å². The normalized spacial score (nSPS) is 17.1. The summed E-state index contributed by atoms with van der Waals surface area (Å²) in [6.07, 6.45) is 3.47. The third-order valence-corrected chi connectivity index (χ3v) is 4.16. The number of aryl methyl sites for hydroxylation is 2. The van der Waals surface area contributed by atoms with Crippen LogP contribution in [0.1, 0.15) is 36.0 Å². The van der Waals surface area contributed by atoms with Gasteiger partial charge in [0.2, 0.25) is 5.91 Å². The van der Waals surface area contributed by atoms with Crippen LogP contribution in [0.4, 0.5) is 11.6 Å². The molecule has 7 nitrogen and oxygen atoms in total. The number of aliphatic hydroxyl groups is 1. The van der Waals surface area contributed by atoms with Crippen LogP contribution >= 0.6 is 0 Å². The number of carbonyl (C=O) groups is 1. The van der Waals surface area contributed by atoms with Gasteiger partial charge in [0.15, 0.2) is 0 Å². The molecule has 2 N–H and O–H groups in total. The van der Waals surface area contributed by atoms with Crippen LogP contribution in [-0.4, -0.2) is 44.0 Å². The summed E-state index contributed by atoms with van der Waals surface area (Å²) >= 11 is 0. The van der Waals surface area contributed by atoms with Crippen molar-refractivity contribution < 1.29 is 9.90 Å². The Balaban J connectivity index is 1.89. The number of hydrogen-bond donors (Lipinski definition) is 2. The van der Waals surface area contributed by atoms with Crippen molar-refractivity contribution in [3.05, 3.63) is 41.5 Å². The van der Waals surface area contributed by atoms with Crippen molar-refractivity contribution in [1.29, 1.82) is 0 Å². The second-order valence-corrected chi connectivity index (χ2v) is 5.92. The molecule has 1 saturated heterocycles. The number of aliphatic hydroxyl groups excluding tert-OH is 1. The first-order valence-electron chi connectivity index (χ1n) is 8.03. The zero-order chi connectivity index (χ0) is 17.1. The average molecular weight is 327 g/mol. The van der Waals surface area contributed by atoms with Gasteiger partial charge in [-0.25, -0.2) is 15.0 Å².